The van der Waals surface area contributed by atoms with Gasteiger partial charge in [-0.25, -0.2) is 4.99 Å². The molecule has 140 valence electrons. The Kier molecular flexibility index (Phi) is 5.88. The zero-order valence-electron chi connectivity index (χ0n) is 16.1. The molecule has 1 aromatic heterocycles. The summed E-state index contributed by atoms with van der Waals surface area (Å²) in [5.74, 6) is 2.66. The Bertz CT molecular complexity index is 769. The molecule has 0 spiro atoms. The van der Waals surface area contributed by atoms with Crippen molar-refractivity contribution in [2.45, 2.75) is 33.4 Å². The third-order valence-electron chi connectivity index (χ3n) is 4.79. The monoisotopic (exact) mass is 356 g/mol. The smallest absolute Gasteiger partial charge is 0.194 e. The highest BCUT2D eigenvalue weighted by molar-refractivity contribution is 5.80. The number of aliphatic imine (C=N–C) groups is 1. The highest BCUT2D eigenvalue weighted by Gasteiger charge is 2.25. The van der Waals surface area contributed by atoms with Crippen LogP contribution in [0.2, 0.25) is 0 Å². The van der Waals surface area contributed by atoms with Crippen LogP contribution in [0.1, 0.15) is 35.8 Å². The van der Waals surface area contributed by atoms with Crippen molar-refractivity contribution < 1.29 is 4.74 Å². The Morgan fingerprint density at radius 1 is 1.31 bits per heavy atom. The molecule has 2 aromatic rings. The minimum Gasteiger partial charge on any atom is -0.370 e. The van der Waals surface area contributed by atoms with E-state index < -0.39 is 0 Å². The number of hydrogen-bond acceptors (Lipinski definition) is 4. The molecule has 1 N–H and O–H groups in total. The predicted octanol–water partition coefficient (Wildman–Crippen LogP) is 1.97. The van der Waals surface area contributed by atoms with Crippen LogP contribution in [0.25, 0.3) is 0 Å². The van der Waals surface area contributed by atoms with Gasteiger partial charge in [-0.05, 0) is 31.9 Å². The maximum absolute atomic E-state index is 6.04. The van der Waals surface area contributed by atoms with Gasteiger partial charge in [0.25, 0.3) is 0 Å². The molecule has 7 nitrogen and oxygen atoms in total. The molecule has 0 amide bonds. The lowest BCUT2D eigenvalue weighted by atomic mass is 10.0. The molecule has 3 rings (SSSR count). The van der Waals surface area contributed by atoms with Crippen LogP contribution in [0, 0.1) is 13.8 Å². The largest absolute Gasteiger partial charge is 0.370 e. The lowest BCUT2D eigenvalue weighted by Crippen LogP contribution is -2.48. The Balaban J connectivity index is 1.75. The number of rotatable bonds is 4. The molecular weight excluding hydrogens is 328 g/mol. The highest BCUT2D eigenvalue weighted by Crippen LogP contribution is 2.25. The molecule has 1 unspecified atom stereocenters. The van der Waals surface area contributed by atoms with Crippen molar-refractivity contribution in [2.24, 2.45) is 12.0 Å². The number of nitrogens with zero attached hydrogens (tertiary/aromatic N) is 5. The summed E-state index contributed by atoms with van der Waals surface area (Å²) >= 11 is 0. The summed E-state index contributed by atoms with van der Waals surface area (Å²) in [4.78, 5) is 7.06. The van der Waals surface area contributed by atoms with Crippen molar-refractivity contribution in [2.75, 3.05) is 26.2 Å². The van der Waals surface area contributed by atoms with Gasteiger partial charge < -0.3 is 19.5 Å². The van der Waals surface area contributed by atoms with Crippen LogP contribution in [0.5, 0.6) is 0 Å². The molecule has 1 aliphatic heterocycles. The van der Waals surface area contributed by atoms with Crippen LogP contribution in [-0.4, -0.2) is 51.9 Å². The Labute approximate surface area is 155 Å². The summed E-state index contributed by atoms with van der Waals surface area (Å²) in [5, 5.41) is 11.7. The molecule has 1 aliphatic rings. The van der Waals surface area contributed by atoms with Gasteiger partial charge in [-0.15, -0.1) is 10.2 Å². The molecule has 1 atom stereocenters. The van der Waals surface area contributed by atoms with E-state index in [4.69, 9.17) is 9.73 Å². The van der Waals surface area contributed by atoms with Crippen LogP contribution < -0.4 is 5.32 Å². The third kappa shape index (κ3) is 4.04. The van der Waals surface area contributed by atoms with Crippen LogP contribution in [0.4, 0.5) is 0 Å². The summed E-state index contributed by atoms with van der Waals surface area (Å²) in [6.07, 6.45) is 0.0610. The Hall–Kier alpha value is -2.41. The van der Waals surface area contributed by atoms with E-state index in [9.17, 15) is 0 Å². The lowest BCUT2D eigenvalue weighted by Gasteiger charge is -2.35. The molecular formula is C19H28N6O. The number of aromatic nitrogens is 3. The molecule has 1 saturated heterocycles. The van der Waals surface area contributed by atoms with Crippen molar-refractivity contribution in [1.29, 1.82) is 0 Å². The first-order valence-electron chi connectivity index (χ1n) is 9.15. The second-order valence-electron chi connectivity index (χ2n) is 6.55. The predicted molar refractivity (Wildman–Crippen MR) is 102 cm³/mol. The number of benzene rings is 1. The van der Waals surface area contributed by atoms with Gasteiger partial charge in [0.05, 0.1) is 13.2 Å². The molecule has 2 heterocycles. The summed E-state index contributed by atoms with van der Waals surface area (Å²) in [5.41, 5.74) is 2.51. The minimum atomic E-state index is 0.0610. The second-order valence-corrected chi connectivity index (χ2v) is 6.55. The van der Waals surface area contributed by atoms with Crippen LogP contribution in [-0.2, 0) is 18.3 Å². The van der Waals surface area contributed by atoms with Gasteiger partial charge in [-0.1, -0.05) is 24.3 Å². The number of nitrogens with one attached hydrogen (secondary N) is 1. The Morgan fingerprint density at radius 2 is 2.12 bits per heavy atom. The fourth-order valence-corrected chi connectivity index (χ4v) is 3.14. The number of morpholine rings is 1. The van der Waals surface area contributed by atoms with E-state index in [-0.39, 0.29) is 6.10 Å². The normalized spacial score (nSPS) is 18.2. The topological polar surface area (TPSA) is 67.6 Å². The van der Waals surface area contributed by atoms with Gasteiger partial charge in [0.2, 0.25) is 0 Å². The lowest BCUT2D eigenvalue weighted by molar-refractivity contribution is -0.00834. The van der Waals surface area contributed by atoms with Crippen LogP contribution in [0.15, 0.2) is 29.3 Å². The number of guanidine groups is 1. The molecule has 0 radical (unpaired) electrons. The molecule has 0 bridgehead atoms. The fraction of sp³-hybridized carbons (Fsp3) is 0.526. The SMILES string of the molecule is CCNC(=NCc1nnc(C)n1C)N1CCOC(c2ccccc2C)C1. The summed E-state index contributed by atoms with van der Waals surface area (Å²) in [7, 11) is 1.97. The summed E-state index contributed by atoms with van der Waals surface area (Å²) < 4.78 is 8.01. The fourth-order valence-electron chi connectivity index (χ4n) is 3.14. The van der Waals surface area contributed by atoms with Crippen molar-refractivity contribution in [3.8, 4) is 0 Å². The van der Waals surface area contributed by atoms with E-state index >= 15 is 0 Å². The molecule has 1 fully saturated rings. The van der Waals surface area contributed by atoms with Crippen molar-refractivity contribution in [1.82, 2.24) is 25.0 Å². The quantitative estimate of drug-likeness (QED) is 0.670. The number of hydrogen-bond donors (Lipinski definition) is 1. The van der Waals surface area contributed by atoms with Crippen molar-refractivity contribution >= 4 is 5.96 Å². The first kappa shape index (κ1) is 18.4. The van der Waals surface area contributed by atoms with Crippen LogP contribution >= 0.6 is 0 Å². The molecule has 7 heteroatoms. The van der Waals surface area contributed by atoms with E-state index in [1.165, 1.54) is 11.1 Å². The van der Waals surface area contributed by atoms with Crippen LogP contribution in [0.3, 0.4) is 0 Å². The average molecular weight is 356 g/mol. The van der Waals surface area contributed by atoms with Gasteiger partial charge in [-0.2, -0.15) is 0 Å². The highest BCUT2D eigenvalue weighted by atomic mass is 16.5. The average Bonchev–Trinajstić information content (AvgIpc) is 2.97. The van der Waals surface area contributed by atoms with Gasteiger partial charge in [0, 0.05) is 20.1 Å². The third-order valence-corrected chi connectivity index (χ3v) is 4.79. The second kappa shape index (κ2) is 8.31. The van der Waals surface area contributed by atoms with E-state index in [2.05, 4.69) is 58.5 Å². The molecule has 1 aromatic carbocycles. The van der Waals surface area contributed by atoms with Crippen molar-refractivity contribution in [3.05, 3.63) is 47.0 Å². The van der Waals surface area contributed by atoms with E-state index in [0.29, 0.717) is 13.2 Å². The van der Waals surface area contributed by atoms with Gasteiger partial charge in [-0.3, -0.25) is 0 Å². The summed E-state index contributed by atoms with van der Waals surface area (Å²) in [6.45, 7) is 9.79. The summed E-state index contributed by atoms with van der Waals surface area (Å²) in [6, 6.07) is 8.41. The zero-order chi connectivity index (χ0) is 18.5. The first-order chi connectivity index (χ1) is 12.6. The number of aryl methyl sites for hydroxylation is 2. The standard InChI is InChI=1S/C19H28N6O/c1-5-20-19(21-12-18-23-22-15(3)24(18)4)25-10-11-26-17(13-25)16-9-7-6-8-14(16)2/h6-9,17H,5,10-13H2,1-4H3,(H,20,21). The molecule has 0 aliphatic carbocycles. The van der Waals surface area contributed by atoms with E-state index in [1.807, 2.05) is 18.5 Å². The molecule has 0 saturated carbocycles. The maximum atomic E-state index is 6.04. The number of ether oxygens (including phenoxy) is 1. The minimum absolute atomic E-state index is 0.0610. The van der Waals surface area contributed by atoms with Gasteiger partial charge in [0.1, 0.15) is 18.5 Å². The van der Waals surface area contributed by atoms with E-state index in [1.54, 1.807) is 0 Å². The van der Waals surface area contributed by atoms with E-state index in [0.717, 1.165) is 37.2 Å². The van der Waals surface area contributed by atoms with Crippen molar-refractivity contribution in [3.63, 3.8) is 0 Å². The zero-order valence-corrected chi connectivity index (χ0v) is 16.1. The van der Waals surface area contributed by atoms with Gasteiger partial charge >= 0.3 is 0 Å². The maximum Gasteiger partial charge on any atom is 0.194 e. The Morgan fingerprint density at radius 3 is 2.81 bits per heavy atom. The van der Waals surface area contributed by atoms with Gasteiger partial charge in [0.15, 0.2) is 11.8 Å². The first-order valence-corrected chi connectivity index (χ1v) is 9.15. The molecule has 26 heavy (non-hydrogen) atoms.